The van der Waals surface area contributed by atoms with E-state index < -0.39 is 5.97 Å². The van der Waals surface area contributed by atoms with Crippen molar-refractivity contribution >= 4 is 11.8 Å². The number of hydrogen-bond donors (Lipinski definition) is 1. The number of aromatic hydroxyl groups is 1. The topological polar surface area (TPSA) is 72.8 Å². The molecule has 3 rings (SSSR count). The Morgan fingerprint density at radius 2 is 1.32 bits per heavy atom. The van der Waals surface area contributed by atoms with Gasteiger partial charge in [0, 0.05) is 5.56 Å². The number of esters is 1. The van der Waals surface area contributed by atoms with Crippen LogP contribution in [-0.2, 0) is 4.74 Å². The minimum Gasteiger partial charge on any atom is -0.508 e. The smallest absolute Gasteiger partial charge is 0.338 e. The lowest BCUT2D eigenvalue weighted by molar-refractivity contribution is 0.0474. The van der Waals surface area contributed by atoms with Crippen molar-refractivity contribution in [1.82, 2.24) is 0 Å². The summed E-state index contributed by atoms with van der Waals surface area (Å²) < 4.78 is 10.5. The Morgan fingerprint density at radius 1 is 0.786 bits per heavy atom. The largest absolute Gasteiger partial charge is 0.508 e. The summed E-state index contributed by atoms with van der Waals surface area (Å²) in [7, 11) is 0. The third-order valence-corrected chi connectivity index (χ3v) is 4.14. The minimum absolute atomic E-state index is 0.196. The highest BCUT2D eigenvalue weighted by Gasteiger charge is 2.12. The second kappa shape index (κ2) is 8.86. The highest BCUT2D eigenvalue weighted by atomic mass is 16.5. The second-order valence-electron chi connectivity index (χ2n) is 6.08. The Labute approximate surface area is 163 Å². The molecule has 28 heavy (non-hydrogen) atoms. The lowest BCUT2D eigenvalue weighted by Gasteiger charge is -2.07. The van der Waals surface area contributed by atoms with E-state index in [0.29, 0.717) is 23.5 Å². The molecule has 5 nitrogen and oxygen atoms in total. The van der Waals surface area contributed by atoms with Crippen LogP contribution in [0.15, 0.2) is 72.8 Å². The fourth-order valence-electron chi connectivity index (χ4n) is 2.65. The van der Waals surface area contributed by atoms with Gasteiger partial charge in [-0.05, 0) is 66.6 Å². The standard InChI is InChI=1S/C23H20O5/c1-2-27-21-13-9-18(10-14-21)22(25)15-28-23(26)19-5-3-16(4-6-19)17-7-11-20(24)12-8-17/h3-14,24H,2,15H2,1H3. The Balaban J connectivity index is 1.58. The van der Waals surface area contributed by atoms with Crippen molar-refractivity contribution in [3.8, 4) is 22.6 Å². The number of ether oxygens (including phenoxy) is 2. The van der Waals surface area contributed by atoms with Gasteiger partial charge in [0.1, 0.15) is 11.5 Å². The van der Waals surface area contributed by atoms with Gasteiger partial charge >= 0.3 is 5.97 Å². The SMILES string of the molecule is CCOc1ccc(C(=O)COC(=O)c2ccc(-c3ccc(O)cc3)cc2)cc1. The van der Waals surface area contributed by atoms with Gasteiger partial charge in [0.05, 0.1) is 12.2 Å². The van der Waals surface area contributed by atoms with Crippen LogP contribution in [0.1, 0.15) is 27.6 Å². The van der Waals surface area contributed by atoms with Gasteiger partial charge in [0.25, 0.3) is 0 Å². The molecule has 0 unspecified atom stereocenters. The Bertz CT molecular complexity index is 942. The minimum atomic E-state index is -0.559. The molecule has 0 amide bonds. The predicted molar refractivity (Wildman–Crippen MR) is 106 cm³/mol. The van der Waals surface area contributed by atoms with Crippen molar-refractivity contribution < 1.29 is 24.2 Å². The van der Waals surface area contributed by atoms with Crippen molar-refractivity contribution in [2.45, 2.75) is 6.92 Å². The molecule has 0 aliphatic rings. The number of hydrogen-bond acceptors (Lipinski definition) is 5. The van der Waals surface area contributed by atoms with Gasteiger partial charge in [-0.25, -0.2) is 4.79 Å². The number of benzene rings is 3. The van der Waals surface area contributed by atoms with Crippen LogP contribution in [0.2, 0.25) is 0 Å². The van der Waals surface area contributed by atoms with Crippen LogP contribution < -0.4 is 4.74 Å². The quantitative estimate of drug-likeness (QED) is 0.486. The van der Waals surface area contributed by atoms with Crippen molar-refractivity contribution in [2.24, 2.45) is 0 Å². The third-order valence-electron chi connectivity index (χ3n) is 4.14. The van der Waals surface area contributed by atoms with Crippen LogP contribution >= 0.6 is 0 Å². The molecule has 3 aromatic carbocycles. The molecule has 0 saturated carbocycles. The van der Waals surface area contributed by atoms with Crippen LogP contribution in [0.4, 0.5) is 0 Å². The second-order valence-corrected chi connectivity index (χ2v) is 6.08. The summed E-state index contributed by atoms with van der Waals surface area (Å²) in [6.07, 6.45) is 0. The first-order valence-corrected chi connectivity index (χ1v) is 8.89. The van der Waals surface area contributed by atoms with Gasteiger partial charge in [0.15, 0.2) is 12.4 Å². The van der Waals surface area contributed by atoms with E-state index in [1.807, 2.05) is 6.92 Å². The molecular formula is C23H20O5. The van der Waals surface area contributed by atoms with Gasteiger partial charge in [-0.3, -0.25) is 4.79 Å². The number of carbonyl (C=O) groups excluding carboxylic acids is 2. The van der Waals surface area contributed by atoms with E-state index >= 15 is 0 Å². The fourth-order valence-corrected chi connectivity index (χ4v) is 2.65. The fraction of sp³-hybridized carbons (Fsp3) is 0.130. The van der Waals surface area contributed by atoms with E-state index in [-0.39, 0.29) is 18.1 Å². The maximum absolute atomic E-state index is 12.2. The van der Waals surface area contributed by atoms with Crippen molar-refractivity contribution in [2.75, 3.05) is 13.2 Å². The summed E-state index contributed by atoms with van der Waals surface area (Å²) in [6, 6.07) is 20.4. The molecule has 0 fully saturated rings. The lowest BCUT2D eigenvalue weighted by atomic mass is 10.0. The van der Waals surface area contributed by atoms with Crippen LogP contribution in [0.3, 0.4) is 0 Å². The molecule has 0 atom stereocenters. The molecule has 1 N–H and O–H groups in total. The average molecular weight is 376 g/mol. The van der Waals surface area contributed by atoms with E-state index in [1.54, 1.807) is 72.8 Å². The molecule has 0 aromatic heterocycles. The number of ketones is 1. The zero-order valence-corrected chi connectivity index (χ0v) is 15.4. The number of phenols is 1. The molecule has 0 aliphatic carbocycles. The molecular weight excluding hydrogens is 356 g/mol. The molecule has 0 bridgehead atoms. The predicted octanol–water partition coefficient (Wildman–Crippen LogP) is 4.50. The molecule has 0 radical (unpaired) electrons. The summed E-state index contributed by atoms with van der Waals surface area (Å²) in [5.74, 6) is 0.0413. The molecule has 0 spiro atoms. The van der Waals surface area contributed by atoms with Crippen molar-refractivity contribution in [3.63, 3.8) is 0 Å². The van der Waals surface area contributed by atoms with Crippen LogP contribution in [-0.4, -0.2) is 30.1 Å². The molecule has 5 heteroatoms. The molecule has 3 aromatic rings. The Kier molecular flexibility index (Phi) is 6.07. The van der Waals surface area contributed by atoms with Gasteiger partial charge in [-0.2, -0.15) is 0 Å². The highest BCUT2D eigenvalue weighted by molar-refractivity contribution is 5.99. The van der Waals surface area contributed by atoms with Crippen LogP contribution in [0, 0.1) is 0 Å². The summed E-state index contributed by atoms with van der Waals surface area (Å²) in [4.78, 5) is 24.4. The summed E-state index contributed by atoms with van der Waals surface area (Å²) >= 11 is 0. The van der Waals surface area contributed by atoms with Crippen molar-refractivity contribution in [3.05, 3.63) is 83.9 Å². The lowest BCUT2D eigenvalue weighted by Crippen LogP contribution is -2.14. The molecule has 0 heterocycles. The number of Topliss-reactive ketones (excluding diaryl/α,β-unsaturated/α-hetero) is 1. The first-order valence-electron chi connectivity index (χ1n) is 8.89. The molecule has 0 saturated heterocycles. The first-order chi connectivity index (χ1) is 13.6. The molecule has 0 aliphatic heterocycles. The average Bonchev–Trinajstić information content (AvgIpc) is 2.73. The molecule has 142 valence electrons. The normalized spacial score (nSPS) is 10.3. The zero-order chi connectivity index (χ0) is 19.9. The number of rotatable bonds is 7. The first kappa shape index (κ1) is 19.2. The zero-order valence-electron chi connectivity index (χ0n) is 15.4. The van der Waals surface area contributed by atoms with E-state index in [9.17, 15) is 14.7 Å². The maximum atomic E-state index is 12.2. The number of carbonyl (C=O) groups is 2. The van der Waals surface area contributed by atoms with E-state index in [4.69, 9.17) is 9.47 Å². The summed E-state index contributed by atoms with van der Waals surface area (Å²) in [5, 5.41) is 9.35. The van der Waals surface area contributed by atoms with Gasteiger partial charge in [-0.15, -0.1) is 0 Å². The Morgan fingerprint density at radius 3 is 1.89 bits per heavy atom. The maximum Gasteiger partial charge on any atom is 0.338 e. The summed E-state index contributed by atoms with van der Waals surface area (Å²) in [6.45, 7) is 2.11. The third kappa shape index (κ3) is 4.76. The van der Waals surface area contributed by atoms with E-state index in [1.165, 1.54) is 0 Å². The van der Waals surface area contributed by atoms with E-state index in [0.717, 1.165) is 11.1 Å². The summed E-state index contributed by atoms with van der Waals surface area (Å²) in [5.41, 5.74) is 2.64. The van der Waals surface area contributed by atoms with Gasteiger partial charge in [0.2, 0.25) is 0 Å². The van der Waals surface area contributed by atoms with Crippen molar-refractivity contribution in [1.29, 1.82) is 0 Å². The van der Waals surface area contributed by atoms with Crippen LogP contribution in [0.5, 0.6) is 11.5 Å². The Hall–Kier alpha value is -3.60. The van der Waals surface area contributed by atoms with Gasteiger partial charge in [-0.1, -0.05) is 24.3 Å². The monoisotopic (exact) mass is 376 g/mol. The van der Waals surface area contributed by atoms with E-state index in [2.05, 4.69) is 0 Å². The van der Waals surface area contributed by atoms with Gasteiger partial charge < -0.3 is 14.6 Å². The highest BCUT2D eigenvalue weighted by Crippen LogP contribution is 2.22. The van der Waals surface area contributed by atoms with Crippen LogP contribution in [0.25, 0.3) is 11.1 Å². The number of phenolic OH excluding ortho intramolecular Hbond substituents is 1.